The molecule has 3 rings (SSSR count). The van der Waals surface area contributed by atoms with Crippen LogP contribution in [-0.2, 0) is 12.8 Å². The molecule has 0 unspecified atom stereocenters. The molecule has 1 amide bonds. The molecule has 1 aliphatic rings. The topological polar surface area (TPSA) is 62.0 Å². The standard InChI is InChI=1S/C18H19FN2O2/c1-11-16-14(7-4-8-15(16)22)21-17(11)18(23)20-10-9-12-5-2-3-6-13(12)19/h2-3,5-6,21H,4,7-10H2,1H3,(H,20,23). The van der Waals surface area contributed by atoms with E-state index in [1.807, 2.05) is 0 Å². The Bertz CT molecular complexity index is 764. The molecule has 1 heterocycles. The molecule has 4 nitrogen and oxygen atoms in total. The lowest BCUT2D eigenvalue weighted by molar-refractivity contribution is 0.0948. The molecule has 1 aromatic carbocycles. The number of ketones is 1. The van der Waals surface area contributed by atoms with Crippen LogP contribution >= 0.6 is 0 Å². The van der Waals surface area contributed by atoms with E-state index in [9.17, 15) is 14.0 Å². The maximum Gasteiger partial charge on any atom is 0.268 e. The van der Waals surface area contributed by atoms with Crippen molar-refractivity contribution in [1.82, 2.24) is 10.3 Å². The number of hydrogen-bond donors (Lipinski definition) is 2. The first-order valence-corrected chi connectivity index (χ1v) is 7.84. The zero-order valence-electron chi connectivity index (χ0n) is 13.0. The summed E-state index contributed by atoms with van der Waals surface area (Å²) >= 11 is 0. The number of H-pyrrole nitrogens is 1. The van der Waals surface area contributed by atoms with Gasteiger partial charge in [0.15, 0.2) is 5.78 Å². The van der Waals surface area contributed by atoms with Gasteiger partial charge in [-0.2, -0.15) is 0 Å². The summed E-state index contributed by atoms with van der Waals surface area (Å²) in [5.41, 5.74) is 3.27. The second kappa shape index (κ2) is 6.36. The van der Waals surface area contributed by atoms with E-state index >= 15 is 0 Å². The SMILES string of the molecule is Cc1c(C(=O)NCCc2ccccc2F)[nH]c2c1C(=O)CCC2. The average Bonchev–Trinajstić information content (AvgIpc) is 2.87. The molecule has 0 saturated heterocycles. The first-order chi connectivity index (χ1) is 11.1. The number of aromatic amines is 1. The normalized spacial score (nSPS) is 13.7. The number of benzene rings is 1. The first kappa shape index (κ1) is 15.5. The van der Waals surface area contributed by atoms with Gasteiger partial charge >= 0.3 is 0 Å². The molecule has 120 valence electrons. The van der Waals surface area contributed by atoms with Crippen molar-refractivity contribution in [2.24, 2.45) is 0 Å². The van der Waals surface area contributed by atoms with Crippen molar-refractivity contribution in [2.45, 2.75) is 32.6 Å². The number of aromatic nitrogens is 1. The molecule has 0 bridgehead atoms. The van der Waals surface area contributed by atoms with Crippen molar-refractivity contribution in [2.75, 3.05) is 6.54 Å². The highest BCUT2D eigenvalue weighted by molar-refractivity contribution is 6.04. The van der Waals surface area contributed by atoms with E-state index in [1.54, 1.807) is 25.1 Å². The number of rotatable bonds is 4. The van der Waals surface area contributed by atoms with Gasteiger partial charge in [-0.15, -0.1) is 0 Å². The van der Waals surface area contributed by atoms with Crippen molar-refractivity contribution in [1.29, 1.82) is 0 Å². The maximum atomic E-state index is 13.5. The zero-order chi connectivity index (χ0) is 16.4. The fourth-order valence-corrected chi connectivity index (χ4v) is 3.10. The monoisotopic (exact) mass is 314 g/mol. The lowest BCUT2D eigenvalue weighted by Crippen LogP contribution is -2.26. The molecular weight excluding hydrogens is 295 g/mol. The quantitative estimate of drug-likeness (QED) is 0.911. The van der Waals surface area contributed by atoms with Crippen molar-refractivity contribution in [3.63, 3.8) is 0 Å². The van der Waals surface area contributed by atoms with Gasteiger partial charge in [0.05, 0.1) is 0 Å². The molecule has 0 aliphatic heterocycles. The molecule has 0 spiro atoms. The number of amides is 1. The largest absolute Gasteiger partial charge is 0.354 e. The summed E-state index contributed by atoms with van der Waals surface area (Å²) in [7, 11) is 0. The second-order valence-electron chi connectivity index (χ2n) is 5.85. The van der Waals surface area contributed by atoms with Crippen molar-refractivity contribution in [3.8, 4) is 0 Å². The van der Waals surface area contributed by atoms with Crippen LogP contribution in [0.1, 0.15) is 50.5 Å². The van der Waals surface area contributed by atoms with Crippen LogP contribution in [0.25, 0.3) is 0 Å². The number of halogens is 1. The van der Waals surface area contributed by atoms with Gasteiger partial charge in [0, 0.05) is 24.2 Å². The molecule has 0 atom stereocenters. The Kier molecular flexibility index (Phi) is 4.28. The Labute approximate surface area is 134 Å². The Morgan fingerprint density at radius 2 is 2.09 bits per heavy atom. The third-order valence-electron chi connectivity index (χ3n) is 4.30. The smallest absolute Gasteiger partial charge is 0.268 e. The molecule has 1 aliphatic carbocycles. The summed E-state index contributed by atoms with van der Waals surface area (Å²) < 4.78 is 13.5. The molecule has 0 saturated carbocycles. The van der Waals surface area contributed by atoms with E-state index in [-0.39, 0.29) is 17.5 Å². The molecule has 5 heteroatoms. The van der Waals surface area contributed by atoms with E-state index in [1.165, 1.54) is 6.07 Å². The van der Waals surface area contributed by atoms with Gasteiger partial charge in [-0.25, -0.2) is 4.39 Å². The van der Waals surface area contributed by atoms with E-state index in [2.05, 4.69) is 10.3 Å². The van der Waals surface area contributed by atoms with Crippen LogP contribution in [0.2, 0.25) is 0 Å². The Hall–Kier alpha value is -2.43. The fraction of sp³-hybridized carbons (Fsp3) is 0.333. The Morgan fingerprint density at radius 1 is 1.30 bits per heavy atom. The molecule has 2 N–H and O–H groups in total. The number of carbonyl (C=O) groups is 2. The lowest BCUT2D eigenvalue weighted by atomic mass is 9.94. The molecular formula is C18H19FN2O2. The van der Waals surface area contributed by atoms with Gasteiger partial charge in [0.2, 0.25) is 0 Å². The van der Waals surface area contributed by atoms with Gasteiger partial charge in [0.1, 0.15) is 11.5 Å². The van der Waals surface area contributed by atoms with Gasteiger partial charge in [-0.1, -0.05) is 18.2 Å². The van der Waals surface area contributed by atoms with E-state index < -0.39 is 0 Å². The second-order valence-corrected chi connectivity index (χ2v) is 5.85. The average molecular weight is 314 g/mol. The van der Waals surface area contributed by atoms with Crippen LogP contribution < -0.4 is 5.32 Å². The number of nitrogens with one attached hydrogen (secondary N) is 2. The van der Waals surface area contributed by atoms with Crippen LogP contribution in [0.3, 0.4) is 0 Å². The van der Waals surface area contributed by atoms with Crippen molar-refractivity contribution in [3.05, 3.63) is 58.2 Å². The number of hydrogen-bond acceptors (Lipinski definition) is 2. The highest BCUT2D eigenvalue weighted by atomic mass is 19.1. The molecule has 0 radical (unpaired) electrons. The minimum Gasteiger partial charge on any atom is -0.354 e. The maximum absolute atomic E-state index is 13.5. The highest BCUT2D eigenvalue weighted by Gasteiger charge is 2.26. The van der Waals surface area contributed by atoms with Crippen LogP contribution in [0.15, 0.2) is 24.3 Å². The van der Waals surface area contributed by atoms with Gasteiger partial charge < -0.3 is 10.3 Å². The lowest BCUT2D eigenvalue weighted by Gasteiger charge is -2.09. The summed E-state index contributed by atoms with van der Waals surface area (Å²) in [4.78, 5) is 27.4. The summed E-state index contributed by atoms with van der Waals surface area (Å²) in [6.07, 6.45) is 2.58. The summed E-state index contributed by atoms with van der Waals surface area (Å²) in [6, 6.07) is 6.53. The predicted octanol–water partition coefficient (Wildman–Crippen LogP) is 2.95. The van der Waals surface area contributed by atoms with Crippen molar-refractivity contribution >= 4 is 11.7 Å². The Balaban J connectivity index is 1.67. The van der Waals surface area contributed by atoms with Crippen LogP contribution in [0.4, 0.5) is 4.39 Å². The molecule has 23 heavy (non-hydrogen) atoms. The number of carbonyl (C=O) groups excluding carboxylic acids is 2. The molecule has 2 aromatic rings. The molecule has 0 fully saturated rings. The van der Waals surface area contributed by atoms with Gasteiger partial charge in [-0.3, -0.25) is 9.59 Å². The zero-order valence-corrected chi connectivity index (χ0v) is 13.0. The third kappa shape index (κ3) is 3.04. The van der Waals surface area contributed by atoms with Crippen LogP contribution in [0.5, 0.6) is 0 Å². The molecule has 1 aromatic heterocycles. The van der Waals surface area contributed by atoms with Crippen LogP contribution in [-0.4, -0.2) is 23.2 Å². The van der Waals surface area contributed by atoms with Gasteiger partial charge in [0.25, 0.3) is 5.91 Å². The summed E-state index contributed by atoms with van der Waals surface area (Å²) in [5.74, 6) is -0.412. The van der Waals surface area contributed by atoms with E-state index in [0.29, 0.717) is 41.8 Å². The number of aryl methyl sites for hydroxylation is 1. The summed E-state index contributed by atoms with van der Waals surface area (Å²) in [6.45, 7) is 2.14. The van der Waals surface area contributed by atoms with E-state index in [4.69, 9.17) is 0 Å². The van der Waals surface area contributed by atoms with Crippen molar-refractivity contribution < 1.29 is 14.0 Å². The predicted molar refractivity (Wildman–Crippen MR) is 85.2 cm³/mol. The first-order valence-electron chi connectivity index (χ1n) is 7.84. The minimum absolute atomic E-state index is 0.102. The third-order valence-corrected chi connectivity index (χ3v) is 4.30. The summed E-state index contributed by atoms with van der Waals surface area (Å²) in [5, 5.41) is 2.79. The van der Waals surface area contributed by atoms with Crippen LogP contribution in [0, 0.1) is 12.7 Å². The minimum atomic E-state index is -0.265. The number of fused-ring (bicyclic) bond motifs is 1. The van der Waals surface area contributed by atoms with Gasteiger partial charge in [-0.05, 0) is 43.4 Å². The number of Topliss-reactive ketones (excluding diaryl/α,β-unsaturated/α-hetero) is 1. The highest BCUT2D eigenvalue weighted by Crippen LogP contribution is 2.26. The fourth-order valence-electron chi connectivity index (χ4n) is 3.10. The Morgan fingerprint density at radius 3 is 2.83 bits per heavy atom. The van der Waals surface area contributed by atoms with E-state index in [0.717, 1.165) is 18.5 Å².